The topological polar surface area (TPSA) is 51.2 Å². The first-order valence-electron chi connectivity index (χ1n) is 7.59. The maximum absolute atomic E-state index is 13.1. The number of rotatable bonds is 5. The molecule has 1 amide bonds. The molecule has 132 valence electrons. The van der Waals surface area contributed by atoms with Gasteiger partial charge >= 0.3 is 0 Å². The Balaban J connectivity index is 1.68. The van der Waals surface area contributed by atoms with Crippen LogP contribution in [0.2, 0.25) is 5.02 Å². The molecule has 0 saturated carbocycles. The number of methoxy groups -OCH3 is 1. The van der Waals surface area contributed by atoms with E-state index < -0.39 is 0 Å². The van der Waals surface area contributed by atoms with Crippen LogP contribution in [0.3, 0.4) is 0 Å². The molecule has 0 aliphatic heterocycles. The highest BCUT2D eigenvalue weighted by Crippen LogP contribution is 2.31. The average molecular weight is 389 g/mol. The van der Waals surface area contributed by atoms with Crippen LogP contribution < -0.4 is 10.1 Å². The highest BCUT2D eigenvalue weighted by Gasteiger charge is 2.09. The number of carbonyl (C=O) groups is 1. The van der Waals surface area contributed by atoms with E-state index in [1.807, 2.05) is 11.4 Å². The first kappa shape index (κ1) is 18.1. The van der Waals surface area contributed by atoms with Gasteiger partial charge in [-0.3, -0.25) is 10.1 Å². The second kappa shape index (κ2) is 8.12. The Morgan fingerprint density at radius 1 is 1.31 bits per heavy atom. The highest BCUT2D eigenvalue weighted by molar-refractivity contribution is 7.14. The standard InChI is InChI=1S/C19H14ClFN2O2S/c1-25-17-7-6-13(10-15(17)20)16-11-26-19(22-16)23-18(24)8-5-12-3-2-4-14(21)9-12/h2-11H,1H3,(H,22,23,24)/b8-5+. The van der Waals surface area contributed by atoms with Gasteiger partial charge in [-0.15, -0.1) is 11.3 Å². The van der Waals surface area contributed by atoms with Crippen molar-refractivity contribution in [3.63, 3.8) is 0 Å². The summed E-state index contributed by atoms with van der Waals surface area (Å²) in [5.41, 5.74) is 2.12. The molecule has 0 radical (unpaired) electrons. The lowest BCUT2D eigenvalue weighted by atomic mass is 10.2. The monoisotopic (exact) mass is 388 g/mol. The molecule has 0 aliphatic carbocycles. The smallest absolute Gasteiger partial charge is 0.250 e. The van der Waals surface area contributed by atoms with Crippen LogP contribution in [0.25, 0.3) is 17.3 Å². The lowest BCUT2D eigenvalue weighted by Crippen LogP contribution is -2.07. The van der Waals surface area contributed by atoms with E-state index in [2.05, 4.69) is 10.3 Å². The number of nitrogens with zero attached hydrogens (tertiary/aromatic N) is 1. The number of halogens is 2. The number of hydrogen-bond donors (Lipinski definition) is 1. The van der Waals surface area contributed by atoms with Gasteiger partial charge < -0.3 is 4.74 Å². The molecular formula is C19H14ClFN2O2S. The van der Waals surface area contributed by atoms with Gasteiger partial charge in [0.1, 0.15) is 11.6 Å². The van der Waals surface area contributed by atoms with E-state index in [0.29, 0.717) is 27.2 Å². The molecule has 7 heteroatoms. The van der Waals surface area contributed by atoms with Crippen molar-refractivity contribution >= 4 is 40.1 Å². The highest BCUT2D eigenvalue weighted by atomic mass is 35.5. The van der Waals surface area contributed by atoms with Crippen LogP contribution in [0, 0.1) is 5.82 Å². The molecule has 0 aliphatic rings. The molecule has 0 bridgehead atoms. The molecule has 3 aromatic rings. The van der Waals surface area contributed by atoms with Crippen LogP contribution in [0.15, 0.2) is 53.9 Å². The minimum Gasteiger partial charge on any atom is -0.495 e. The van der Waals surface area contributed by atoms with Crippen LogP contribution in [0.5, 0.6) is 5.75 Å². The predicted molar refractivity (Wildman–Crippen MR) is 103 cm³/mol. The van der Waals surface area contributed by atoms with Gasteiger partial charge in [-0.05, 0) is 42.0 Å². The number of carbonyl (C=O) groups excluding carboxylic acids is 1. The maximum atomic E-state index is 13.1. The number of benzene rings is 2. The van der Waals surface area contributed by atoms with Gasteiger partial charge in [-0.25, -0.2) is 9.37 Å². The minimum atomic E-state index is -0.352. The Bertz CT molecular complexity index is 972. The molecule has 2 aromatic carbocycles. The van der Waals surface area contributed by atoms with Gasteiger partial charge in [0.15, 0.2) is 5.13 Å². The van der Waals surface area contributed by atoms with Crippen molar-refractivity contribution in [3.05, 3.63) is 70.3 Å². The van der Waals surface area contributed by atoms with Gasteiger partial charge in [0.25, 0.3) is 0 Å². The molecule has 0 saturated heterocycles. The predicted octanol–water partition coefficient (Wildman–Crippen LogP) is 5.26. The summed E-state index contributed by atoms with van der Waals surface area (Å²) in [6.07, 6.45) is 2.87. The van der Waals surface area contributed by atoms with Crippen molar-refractivity contribution in [2.24, 2.45) is 0 Å². The summed E-state index contributed by atoms with van der Waals surface area (Å²) in [5, 5.41) is 5.45. The summed E-state index contributed by atoms with van der Waals surface area (Å²) >= 11 is 7.43. The summed E-state index contributed by atoms with van der Waals surface area (Å²) in [6, 6.07) is 11.3. The third-order valence-corrected chi connectivity index (χ3v) is 4.51. The normalized spacial score (nSPS) is 10.9. The Labute approximate surface area is 158 Å². The van der Waals surface area contributed by atoms with E-state index in [9.17, 15) is 9.18 Å². The van der Waals surface area contributed by atoms with E-state index in [-0.39, 0.29) is 11.7 Å². The lowest BCUT2D eigenvalue weighted by molar-refractivity contribution is -0.111. The van der Waals surface area contributed by atoms with Crippen LogP contribution >= 0.6 is 22.9 Å². The quantitative estimate of drug-likeness (QED) is 0.606. The Morgan fingerprint density at radius 3 is 2.88 bits per heavy atom. The summed E-state index contributed by atoms with van der Waals surface area (Å²) in [4.78, 5) is 16.4. The Kier molecular flexibility index (Phi) is 5.65. The largest absolute Gasteiger partial charge is 0.495 e. The fourth-order valence-corrected chi connectivity index (χ4v) is 3.20. The third kappa shape index (κ3) is 4.47. The van der Waals surface area contributed by atoms with Crippen molar-refractivity contribution < 1.29 is 13.9 Å². The molecule has 3 rings (SSSR count). The van der Waals surface area contributed by atoms with E-state index >= 15 is 0 Å². The average Bonchev–Trinajstić information content (AvgIpc) is 3.08. The number of nitrogens with one attached hydrogen (secondary N) is 1. The van der Waals surface area contributed by atoms with Gasteiger partial charge in [0.05, 0.1) is 17.8 Å². The van der Waals surface area contributed by atoms with Gasteiger partial charge in [-0.2, -0.15) is 0 Å². The van der Waals surface area contributed by atoms with Crippen molar-refractivity contribution in [2.75, 3.05) is 12.4 Å². The van der Waals surface area contributed by atoms with Crippen molar-refractivity contribution in [2.45, 2.75) is 0 Å². The number of thiazole rings is 1. The maximum Gasteiger partial charge on any atom is 0.250 e. The Morgan fingerprint density at radius 2 is 2.15 bits per heavy atom. The van der Waals surface area contributed by atoms with Crippen molar-refractivity contribution in [1.29, 1.82) is 0 Å². The number of hydrogen-bond acceptors (Lipinski definition) is 4. The van der Waals surface area contributed by atoms with Crippen LogP contribution in [0.1, 0.15) is 5.56 Å². The van der Waals surface area contributed by atoms with Gasteiger partial charge in [0.2, 0.25) is 5.91 Å². The molecular weight excluding hydrogens is 375 g/mol. The Hall–Kier alpha value is -2.70. The number of aromatic nitrogens is 1. The van der Waals surface area contributed by atoms with Gasteiger partial charge in [0, 0.05) is 17.0 Å². The van der Waals surface area contributed by atoms with E-state index in [1.165, 1.54) is 35.6 Å². The summed E-state index contributed by atoms with van der Waals surface area (Å²) in [6.45, 7) is 0. The van der Waals surface area contributed by atoms with Crippen molar-refractivity contribution in [3.8, 4) is 17.0 Å². The van der Waals surface area contributed by atoms with Crippen LogP contribution in [0.4, 0.5) is 9.52 Å². The van der Waals surface area contributed by atoms with Gasteiger partial charge in [-0.1, -0.05) is 23.7 Å². The molecule has 1 N–H and O–H groups in total. The van der Waals surface area contributed by atoms with Crippen LogP contribution in [-0.2, 0) is 4.79 Å². The molecule has 1 heterocycles. The molecule has 1 aromatic heterocycles. The van der Waals surface area contributed by atoms with Crippen molar-refractivity contribution in [1.82, 2.24) is 4.98 Å². The van der Waals surface area contributed by atoms with Crippen LogP contribution in [-0.4, -0.2) is 18.0 Å². The number of amides is 1. The number of ether oxygens (including phenoxy) is 1. The summed E-state index contributed by atoms with van der Waals surface area (Å²) in [5.74, 6) is -0.111. The molecule has 0 atom stereocenters. The molecule has 4 nitrogen and oxygen atoms in total. The number of anilines is 1. The first-order chi connectivity index (χ1) is 12.5. The second-order valence-electron chi connectivity index (χ2n) is 5.26. The lowest BCUT2D eigenvalue weighted by Gasteiger charge is -2.04. The zero-order chi connectivity index (χ0) is 18.5. The fraction of sp³-hybridized carbons (Fsp3) is 0.0526. The SMILES string of the molecule is COc1ccc(-c2csc(NC(=O)/C=C/c3cccc(F)c3)n2)cc1Cl. The van der Waals surface area contributed by atoms with E-state index in [4.69, 9.17) is 16.3 Å². The van der Waals surface area contributed by atoms with E-state index in [0.717, 1.165) is 5.56 Å². The molecule has 0 unspecified atom stereocenters. The minimum absolute atomic E-state index is 0.345. The molecule has 0 spiro atoms. The summed E-state index contributed by atoms with van der Waals surface area (Å²) < 4.78 is 18.2. The zero-order valence-electron chi connectivity index (χ0n) is 13.7. The molecule has 26 heavy (non-hydrogen) atoms. The third-order valence-electron chi connectivity index (χ3n) is 3.46. The summed E-state index contributed by atoms with van der Waals surface area (Å²) in [7, 11) is 1.55. The first-order valence-corrected chi connectivity index (χ1v) is 8.85. The van der Waals surface area contributed by atoms with E-state index in [1.54, 1.807) is 31.4 Å². The second-order valence-corrected chi connectivity index (χ2v) is 6.53. The fourth-order valence-electron chi connectivity index (χ4n) is 2.22. The zero-order valence-corrected chi connectivity index (χ0v) is 15.3. The molecule has 0 fully saturated rings.